The van der Waals surface area contributed by atoms with Crippen molar-refractivity contribution in [3.05, 3.63) is 22.8 Å². The smallest absolute Gasteiger partial charge is 0.165 e. The molecule has 1 aromatic carbocycles. The third-order valence-electron chi connectivity index (χ3n) is 8.19. The van der Waals surface area contributed by atoms with Gasteiger partial charge in [0.1, 0.15) is 6.10 Å². The van der Waals surface area contributed by atoms with Crippen molar-refractivity contribution in [2.24, 2.45) is 11.8 Å². The average molecular weight is 355 g/mol. The molecule has 0 unspecified atom stereocenters. The van der Waals surface area contributed by atoms with Crippen molar-refractivity contribution in [3.63, 3.8) is 0 Å². The second-order valence-electron chi connectivity index (χ2n) is 9.38. The SMILES string of the molecule is CCc1cc(O)c2c3c1C[C@@H]1[C@@H]4CC[C@@H](O)[C@H](O2)[C@]34CCN1CC1CC1. The van der Waals surface area contributed by atoms with Gasteiger partial charge in [0.15, 0.2) is 11.5 Å². The lowest BCUT2D eigenvalue weighted by atomic mass is 9.51. The van der Waals surface area contributed by atoms with Crippen LogP contribution in [-0.2, 0) is 18.3 Å². The number of hydrogen-bond donors (Lipinski definition) is 2. The van der Waals surface area contributed by atoms with E-state index in [9.17, 15) is 10.2 Å². The molecule has 2 heterocycles. The Bertz CT molecular complexity index is 773. The van der Waals surface area contributed by atoms with E-state index in [1.807, 2.05) is 6.07 Å². The number of rotatable bonds is 3. The number of likely N-dealkylation sites (tertiary alicyclic amines) is 1. The molecule has 6 rings (SSSR count). The van der Waals surface area contributed by atoms with Crippen molar-refractivity contribution in [3.8, 4) is 11.5 Å². The second-order valence-corrected chi connectivity index (χ2v) is 9.38. The number of aliphatic hydroxyl groups excluding tert-OH is 1. The molecule has 26 heavy (non-hydrogen) atoms. The summed E-state index contributed by atoms with van der Waals surface area (Å²) >= 11 is 0. The number of ether oxygens (including phenoxy) is 1. The van der Waals surface area contributed by atoms with Crippen LogP contribution in [0.2, 0.25) is 0 Å². The Labute approximate surface area is 155 Å². The van der Waals surface area contributed by atoms with E-state index in [4.69, 9.17) is 4.74 Å². The van der Waals surface area contributed by atoms with Gasteiger partial charge in [-0.15, -0.1) is 0 Å². The molecule has 4 heteroatoms. The summed E-state index contributed by atoms with van der Waals surface area (Å²) in [7, 11) is 0. The summed E-state index contributed by atoms with van der Waals surface area (Å²) in [6.45, 7) is 4.55. The van der Waals surface area contributed by atoms with Crippen LogP contribution in [0.1, 0.15) is 55.7 Å². The first kappa shape index (κ1) is 15.8. The minimum Gasteiger partial charge on any atom is -0.504 e. The van der Waals surface area contributed by atoms with Crippen LogP contribution < -0.4 is 4.74 Å². The summed E-state index contributed by atoms with van der Waals surface area (Å²) in [4.78, 5) is 2.77. The van der Waals surface area contributed by atoms with E-state index in [2.05, 4.69) is 11.8 Å². The van der Waals surface area contributed by atoms with Crippen LogP contribution in [0.25, 0.3) is 0 Å². The summed E-state index contributed by atoms with van der Waals surface area (Å²) in [5.41, 5.74) is 3.92. The van der Waals surface area contributed by atoms with E-state index in [1.54, 1.807) is 0 Å². The largest absolute Gasteiger partial charge is 0.504 e. The number of aryl methyl sites for hydroxylation is 1. The van der Waals surface area contributed by atoms with Crippen LogP contribution in [0.4, 0.5) is 0 Å². The fourth-order valence-electron chi connectivity index (χ4n) is 6.93. The molecule has 0 aromatic heterocycles. The van der Waals surface area contributed by atoms with Gasteiger partial charge in [-0.05, 0) is 80.5 Å². The van der Waals surface area contributed by atoms with Crippen LogP contribution in [0.5, 0.6) is 11.5 Å². The molecule has 1 spiro atoms. The number of aromatic hydroxyl groups is 1. The normalized spacial score (nSPS) is 40.2. The lowest BCUT2D eigenvalue weighted by Gasteiger charge is -2.59. The summed E-state index contributed by atoms with van der Waals surface area (Å²) in [5.74, 6) is 2.45. The number of piperidine rings is 1. The van der Waals surface area contributed by atoms with E-state index >= 15 is 0 Å². The first-order valence-electron chi connectivity index (χ1n) is 10.6. The number of phenolic OH excluding ortho intramolecular Hbond substituents is 1. The number of hydrogen-bond acceptors (Lipinski definition) is 4. The Morgan fingerprint density at radius 1 is 1.27 bits per heavy atom. The minimum absolute atomic E-state index is 0.0754. The lowest BCUT2D eigenvalue weighted by Crippen LogP contribution is -2.67. The second kappa shape index (κ2) is 5.17. The van der Waals surface area contributed by atoms with Crippen molar-refractivity contribution >= 4 is 0 Å². The number of phenols is 1. The third-order valence-corrected chi connectivity index (χ3v) is 8.19. The maximum atomic E-state index is 10.8. The predicted octanol–water partition coefficient (Wildman–Crippen LogP) is 2.76. The van der Waals surface area contributed by atoms with Gasteiger partial charge >= 0.3 is 0 Å². The lowest BCUT2D eigenvalue weighted by molar-refractivity contribution is -0.105. The van der Waals surface area contributed by atoms with Gasteiger partial charge in [0, 0.05) is 23.6 Å². The summed E-state index contributed by atoms with van der Waals surface area (Å²) in [6.07, 6.45) is 7.24. The molecule has 140 valence electrons. The monoisotopic (exact) mass is 355 g/mol. The minimum atomic E-state index is -0.412. The molecule has 0 radical (unpaired) electrons. The highest BCUT2D eigenvalue weighted by Gasteiger charge is 2.66. The molecule has 4 nitrogen and oxygen atoms in total. The van der Waals surface area contributed by atoms with E-state index < -0.39 is 6.10 Å². The summed E-state index contributed by atoms with van der Waals surface area (Å²) in [5, 5.41) is 21.5. The van der Waals surface area contributed by atoms with Crippen LogP contribution >= 0.6 is 0 Å². The molecular formula is C22H29NO3. The van der Waals surface area contributed by atoms with Gasteiger partial charge in [0.05, 0.1) is 6.10 Å². The number of benzene rings is 1. The van der Waals surface area contributed by atoms with Crippen LogP contribution in [0, 0.1) is 11.8 Å². The van der Waals surface area contributed by atoms with Gasteiger partial charge in [0.25, 0.3) is 0 Å². The number of aliphatic hydroxyl groups is 1. The first-order chi connectivity index (χ1) is 12.6. The van der Waals surface area contributed by atoms with Gasteiger partial charge < -0.3 is 14.9 Å². The van der Waals surface area contributed by atoms with E-state index in [0.717, 1.165) is 44.6 Å². The van der Waals surface area contributed by atoms with Crippen molar-refractivity contribution in [1.82, 2.24) is 4.90 Å². The Morgan fingerprint density at radius 2 is 2.12 bits per heavy atom. The van der Waals surface area contributed by atoms with Crippen molar-refractivity contribution in [2.45, 2.75) is 75.5 Å². The Morgan fingerprint density at radius 3 is 2.88 bits per heavy atom. The fourth-order valence-corrected chi connectivity index (χ4v) is 6.93. The zero-order chi connectivity index (χ0) is 17.6. The van der Waals surface area contributed by atoms with Gasteiger partial charge in [-0.3, -0.25) is 4.90 Å². The molecule has 0 amide bonds. The Balaban J connectivity index is 1.55. The summed E-state index contributed by atoms with van der Waals surface area (Å²) in [6, 6.07) is 2.51. The molecule has 1 aromatic rings. The Hall–Kier alpha value is -1.26. The first-order valence-corrected chi connectivity index (χ1v) is 10.6. The van der Waals surface area contributed by atoms with Crippen molar-refractivity contribution in [2.75, 3.05) is 13.1 Å². The molecule has 2 saturated carbocycles. The summed E-state index contributed by atoms with van der Waals surface area (Å²) < 4.78 is 6.33. The van der Waals surface area contributed by atoms with Crippen LogP contribution in [0.15, 0.2) is 6.07 Å². The topological polar surface area (TPSA) is 52.9 Å². The molecule has 2 N–H and O–H groups in total. The highest BCUT2D eigenvalue weighted by Crippen LogP contribution is 2.64. The maximum Gasteiger partial charge on any atom is 0.165 e. The molecule has 5 aliphatic rings. The van der Waals surface area contributed by atoms with Crippen molar-refractivity contribution < 1.29 is 14.9 Å². The molecule has 2 aliphatic heterocycles. The zero-order valence-electron chi connectivity index (χ0n) is 15.6. The predicted molar refractivity (Wildman–Crippen MR) is 98.7 cm³/mol. The van der Waals surface area contributed by atoms with E-state index in [1.165, 1.54) is 36.1 Å². The van der Waals surface area contributed by atoms with E-state index in [-0.39, 0.29) is 17.3 Å². The quantitative estimate of drug-likeness (QED) is 0.875. The number of nitrogens with zero attached hydrogens (tertiary/aromatic N) is 1. The van der Waals surface area contributed by atoms with Gasteiger partial charge in [-0.2, -0.15) is 0 Å². The average Bonchev–Trinajstić information content (AvgIpc) is 3.38. The molecule has 3 aliphatic carbocycles. The van der Waals surface area contributed by atoms with Gasteiger partial charge in [-0.1, -0.05) is 6.92 Å². The molecule has 3 fully saturated rings. The Kier molecular flexibility index (Phi) is 3.13. The van der Waals surface area contributed by atoms with Crippen LogP contribution in [0.3, 0.4) is 0 Å². The van der Waals surface area contributed by atoms with E-state index in [0.29, 0.717) is 17.7 Å². The standard InChI is InChI=1S/C22H29NO3/c1-2-13-9-18(25)20-19-14(13)10-16-15-5-6-17(24)21(26-20)22(15,19)7-8-23(16)11-12-3-4-12/h9,12,15-17,21,24-25H,2-8,10-11H2,1H3/t15-,16+,17+,21-,22-/m0/s1. The molecular weight excluding hydrogens is 326 g/mol. The van der Waals surface area contributed by atoms with Crippen LogP contribution in [-0.4, -0.2) is 46.5 Å². The third kappa shape index (κ3) is 1.83. The maximum absolute atomic E-state index is 10.8. The molecule has 5 atom stereocenters. The fraction of sp³-hybridized carbons (Fsp3) is 0.727. The van der Waals surface area contributed by atoms with Gasteiger partial charge in [0.2, 0.25) is 0 Å². The zero-order valence-corrected chi connectivity index (χ0v) is 15.6. The molecule has 2 bridgehead atoms. The molecule has 1 saturated heterocycles. The highest BCUT2D eigenvalue weighted by molar-refractivity contribution is 5.63. The van der Waals surface area contributed by atoms with Crippen molar-refractivity contribution in [1.29, 1.82) is 0 Å². The van der Waals surface area contributed by atoms with Gasteiger partial charge in [-0.25, -0.2) is 0 Å². The highest BCUT2D eigenvalue weighted by atomic mass is 16.5.